The second kappa shape index (κ2) is 8.90. The molecule has 124 valence electrons. The number of benzene rings is 1. The van der Waals surface area contributed by atoms with E-state index in [1.807, 2.05) is 19.1 Å². The highest BCUT2D eigenvalue weighted by molar-refractivity contribution is 6.30. The predicted octanol–water partition coefficient (Wildman–Crippen LogP) is 4.80. The molecule has 2 nitrogen and oxygen atoms in total. The van der Waals surface area contributed by atoms with Crippen LogP contribution in [0.25, 0.3) is 0 Å². The second-order valence-electron chi connectivity index (χ2n) is 6.69. The van der Waals surface area contributed by atoms with Crippen molar-refractivity contribution in [1.82, 2.24) is 5.32 Å². The summed E-state index contributed by atoms with van der Waals surface area (Å²) in [6.07, 6.45) is 6.55. The molecule has 1 atom stereocenters. The Balaban J connectivity index is 1.76. The summed E-state index contributed by atoms with van der Waals surface area (Å²) in [4.78, 5) is 0. The van der Waals surface area contributed by atoms with Gasteiger partial charge in [0.2, 0.25) is 0 Å². The van der Waals surface area contributed by atoms with Gasteiger partial charge in [-0.2, -0.15) is 0 Å². The Hall–Kier alpha value is -0.570. The van der Waals surface area contributed by atoms with E-state index < -0.39 is 0 Å². The molecule has 0 bridgehead atoms. The molecule has 1 aliphatic carbocycles. The summed E-state index contributed by atoms with van der Waals surface area (Å²) in [5.41, 5.74) is 1.90. The van der Waals surface area contributed by atoms with Gasteiger partial charge in [0, 0.05) is 18.2 Å². The SMILES string of the molecule is CCOCCNCCC(C)CC1(c2ccc(Cl)cc2)CCC1. The minimum absolute atomic E-state index is 0.412. The third-order valence-corrected chi connectivity index (χ3v) is 5.20. The van der Waals surface area contributed by atoms with E-state index in [0.29, 0.717) is 5.41 Å². The average molecular weight is 324 g/mol. The Morgan fingerprint density at radius 2 is 1.95 bits per heavy atom. The smallest absolute Gasteiger partial charge is 0.0590 e. The van der Waals surface area contributed by atoms with Gasteiger partial charge in [0.15, 0.2) is 0 Å². The Morgan fingerprint density at radius 1 is 1.23 bits per heavy atom. The molecule has 0 spiro atoms. The maximum Gasteiger partial charge on any atom is 0.0590 e. The third kappa shape index (κ3) is 4.97. The number of ether oxygens (including phenoxy) is 1. The van der Waals surface area contributed by atoms with Crippen LogP contribution >= 0.6 is 11.6 Å². The first-order valence-electron chi connectivity index (χ1n) is 8.71. The lowest BCUT2D eigenvalue weighted by molar-refractivity contribution is 0.148. The molecule has 1 unspecified atom stereocenters. The van der Waals surface area contributed by atoms with Crippen LogP contribution in [0.15, 0.2) is 24.3 Å². The molecule has 1 aromatic carbocycles. The van der Waals surface area contributed by atoms with Gasteiger partial charge in [-0.3, -0.25) is 0 Å². The summed E-state index contributed by atoms with van der Waals surface area (Å²) in [5, 5.41) is 4.32. The van der Waals surface area contributed by atoms with Gasteiger partial charge in [-0.15, -0.1) is 0 Å². The van der Waals surface area contributed by atoms with Crippen molar-refractivity contribution in [2.24, 2.45) is 5.92 Å². The van der Waals surface area contributed by atoms with Gasteiger partial charge < -0.3 is 10.1 Å². The molecule has 0 saturated heterocycles. The number of nitrogens with one attached hydrogen (secondary N) is 1. The molecule has 0 aromatic heterocycles. The van der Waals surface area contributed by atoms with E-state index in [-0.39, 0.29) is 0 Å². The summed E-state index contributed by atoms with van der Waals surface area (Å²) >= 11 is 6.03. The summed E-state index contributed by atoms with van der Waals surface area (Å²) in [7, 11) is 0. The van der Waals surface area contributed by atoms with Crippen molar-refractivity contribution in [3.05, 3.63) is 34.9 Å². The van der Waals surface area contributed by atoms with Crippen LogP contribution in [0.3, 0.4) is 0 Å². The first kappa shape index (κ1) is 17.8. The summed E-state index contributed by atoms with van der Waals surface area (Å²) in [6.45, 7) is 8.10. The molecule has 3 heteroatoms. The zero-order chi connectivity index (χ0) is 15.8. The highest BCUT2D eigenvalue weighted by Crippen LogP contribution is 2.48. The van der Waals surface area contributed by atoms with E-state index in [2.05, 4.69) is 24.4 Å². The highest BCUT2D eigenvalue weighted by Gasteiger charge is 2.39. The van der Waals surface area contributed by atoms with Crippen LogP contribution in [0.4, 0.5) is 0 Å². The van der Waals surface area contributed by atoms with Gasteiger partial charge in [0.1, 0.15) is 0 Å². The van der Waals surface area contributed by atoms with Gasteiger partial charge in [-0.1, -0.05) is 37.1 Å². The molecule has 1 aliphatic rings. The zero-order valence-corrected chi connectivity index (χ0v) is 14.8. The van der Waals surface area contributed by atoms with E-state index in [1.165, 1.54) is 37.7 Å². The normalized spacial score (nSPS) is 18.0. The maximum absolute atomic E-state index is 6.03. The minimum atomic E-state index is 0.412. The first-order chi connectivity index (χ1) is 10.7. The Bertz CT molecular complexity index is 428. The Morgan fingerprint density at radius 3 is 2.55 bits per heavy atom. The van der Waals surface area contributed by atoms with Crippen LogP contribution in [0.2, 0.25) is 5.02 Å². The lowest BCUT2D eigenvalue weighted by Crippen LogP contribution is -2.36. The second-order valence-corrected chi connectivity index (χ2v) is 7.12. The first-order valence-corrected chi connectivity index (χ1v) is 9.08. The lowest BCUT2D eigenvalue weighted by atomic mass is 9.60. The van der Waals surface area contributed by atoms with Gasteiger partial charge in [-0.25, -0.2) is 0 Å². The largest absolute Gasteiger partial charge is 0.380 e. The summed E-state index contributed by atoms with van der Waals surface area (Å²) < 4.78 is 5.34. The Kier molecular flexibility index (Phi) is 7.20. The predicted molar refractivity (Wildman–Crippen MR) is 94.7 cm³/mol. The van der Waals surface area contributed by atoms with E-state index in [0.717, 1.165) is 37.2 Å². The molecule has 0 amide bonds. The fraction of sp³-hybridized carbons (Fsp3) is 0.684. The van der Waals surface area contributed by atoms with Gasteiger partial charge in [0.25, 0.3) is 0 Å². The maximum atomic E-state index is 6.03. The van der Waals surface area contributed by atoms with Crippen LogP contribution in [-0.4, -0.2) is 26.3 Å². The van der Waals surface area contributed by atoms with Gasteiger partial charge in [0.05, 0.1) is 6.61 Å². The van der Waals surface area contributed by atoms with Crippen molar-refractivity contribution in [3.8, 4) is 0 Å². The van der Waals surface area contributed by atoms with Crippen molar-refractivity contribution in [2.45, 2.75) is 51.4 Å². The van der Waals surface area contributed by atoms with Crippen LogP contribution in [0, 0.1) is 5.92 Å². The Labute approximate surface area is 140 Å². The molecule has 1 aromatic rings. The monoisotopic (exact) mass is 323 g/mol. The molecule has 0 radical (unpaired) electrons. The van der Waals surface area contributed by atoms with E-state index in [9.17, 15) is 0 Å². The molecule has 0 heterocycles. The van der Waals surface area contributed by atoms with Crippen molar-refractivity contribution < 1.29 is 4.74 Å². The quantitative estimate of drug-likeness (QED) is 0.624. The van der Waals surface area contributed by atoms with E-state index in [4.69, 9.17) is 16.3 Å². The van der Waals surface area contributed by atoms with Crippen LogP contribution in [0.5, 0.6) is 0 Å². The minimum Gasteiger partial charge on any atom is -0.380 e. The fourth-order valence-corrected chi connectivity index (χ4v) is 3.67. The summed E-state index contributed by atoms with van der Waals surface area (Å²) in [5.74, 6) is 0.746. The number of halogens is 1. The van der Waals surface area contributed by atoms with Crippen molar-refractivity contribution >= 4 is 11.6 Å². The van der Waals surface area contributed by atoms with E-state index in [1.54, 1.807) is 0 Å². The molecule has 1 saturated carbocycles. The van der Waals surface area contributed by atoms with Crippen LogP contribution < -0.4 is 5.32 Å². The third-order valence-electron chi connectivity index (χ3n) is 4.95. The van der Waals surface area contributed by atoms with Crippen LogP contribution in [-0.2, 0) is 10.2 Å². The van der Waals surface area contributed by atoms with Crippen molar-refractivity contribution in [2.75, 3.05) is 26.3 Å². The van der Waals surface area contributed by atoms with Gasteiger partial charge in [-0.05, 0) is 68.2 Å². The lowest BCUT2D eigenvalue weighted by Gasteiger charge is -2.44. The van der Waals surface area contributed by atoms with Crippen molar-refractivity contribution in [3.63, 3.8) is 0 Å². The van der Waals surface area contributed by atoms with Crippen molar-refractivity contribution in [1.29, 1.82) is 0 Å². The topological polar surface area (TPSA) is 21.3 Å². The standard InChI is InChI=1S/C19H30ClNO/c1-3-22-14-13-21-12-9-16(2)15-19(10-4-11-19)17-5-7-18(20)8-6-17/h5-8,16,21H,3-4,9-15H2,1-2H3. The molecular formula is C19H30ClNO. The zero-order valence-electron chi connectivity index (χ0n) is 14.0. The van der Waals surface area contributed by atoms with E-state index >= 15 is 0 Å². The molecule has 2 rings (SSSR count). The molecule has 22 heavy (non-hydrogen) atoms. The number of hydrogen-bond acceptors (Lipinski definition) is 2. The number of rotatable bonds is 10. The highest BCUT2D eigenvalue weighted by atomic mass is 35.5. The molecule has 1 fully saturated rings. The molecule has 0 aliphatic heterocycles. The number of hydrogen-bond donors (Lipinski definition) is 1. The summed E-state index contributed by atoms with van der Waals surface area (Å²) in [6, 6.07) is 8.54. The molecular weight excluding hydrogens is 294 g/mol. The van der Waals surface area contributed by atoms with Gasteiger partial charge >= 0.3 is 0 Å². The molecule has 1 N–H and O–H groups in total. The fourth-order valence-electron chi connectivity index (χ4n) is 3.55. The van der Waals surface area contributed by atoms with Crippen LogP contribution in [0.1, 0.15) is 51.5 Å². The average Bonchev–Trinajstić information content (AvgIpc) is 2.47.